The minimum absolute atomic E-state index is 0.00393. The van der Waals surface area contributed by atoms with Gasteiger partial charge in [0.1, 0.15) is 12.0 Å². The number of likely N-dealkylation sites (N-methyl/N-ethyl adjacent to an activating group) is 1. The maximum Gasteiger partial charge on any atom is 0.278 e. The fraction of sp³-hybridized carbons (Fsp3) is 0.259. The molecule has 1 fully saturated rings. The zero-order chi connectivity index (χ0) is 23.5. The number of aromatic nitrogens is 2. The predicted molar refractivity (Wildman–Crippen MR) is 139 cm³/mol. The van der Waals surface area contributed by atoms with Gasteiger partial charge in [-0.15, -0.1) is 0 Å². The van der Waals surface area contributed by atoms with Crippen molar-refractivity contribution in [1.29, 1.82) is 0 Å². The van der Waals surface area contributed by atoms with Crippen molar-refractivity contribution < 1.29 is 4.79 Å². The molecule has 2 N–H and O–H groups in total. The molecule has 4 aliphatic heterocycles. The van der Waals surface area contributed by atoms with Crippen molar-refractivity contribution in [3.63, 3.8) is 0 Å². The summed E-state index contributed by atoms with van der Waals surface area (Å²) in [5.41, 5.74) is 7.40. The van der Waals surface area contributed by atoms with Crippen molar-refractivity contribution >= 4 is 40.6 Å². The highest BCUT2D eigenvalue weighted by Crippen LogP contribution is 2.39. The van der Waals surface area contributed by atoms with Crippen LogP contribution in [0, 0.1) is 5.92 Å². The van der Waals surface area contributed by atoms with Crippen molar-refractivity contribution in [2.24, 2.45) is 15.9 Å². The van der Waals surface area contributed by atoms with E-state index in [1.165, 1.54) is 5.69 Å². The van der Waals surface area contributed by atoms with Crippen molar-refractivity contribution in [2.75, 3.05) is 38.1 Å². The van der Waals surface area contributed by atoms with Crippen LogP contribution in [0.15, 0.2) is 58.7 Å². The summed E-state index contributed by atoms with van der Waals surface area (Å²) in [6, 6.07) is 10.4. The zero-order valence-electron chi connectivity index (χ0n) is 19.4. The molecule has 1 amide bonds. The molecule has 0 spiro atoms. The smallest absolute Gasteiger partial charge is 0.278 e. The molecule has 0 saturated carbocycles. The molecule has 0 radical (unpaired) electrons. The number of amides is 1. The van der Waals surface area contributed by atoms with Gasteiger partial charge in [-0.1, -0.05) is 12.1 Å². The SMILES string of the molecule is CN1CCN(c2ccc3[nH]c(-c4ccc(C5=CNC6N=CC=CC56)c5c4C(=O)N=C5)nc3c2)CC1. The summed E-state index contributed by atoms with van der Waals surface area (Å²) in [4.78, 5) is 34.6. The molecule has 2 aromatic carbocycles. The number of dihydropyridines is 1. The summed E-state index contributed by atoms with van der Waals surface area (Å²) in [5.74, 6) is 0.602. The summed E-state index contributed by atoms with van der Waals surface area (Å²) in [7, 11) is 2.16. The molecular formula is C27H25N7O. The van der Waals surface area contributed by atoms with Gasteiger partial charge < -0.3 is 20.1 Å². The number of fused-ring (bicyclic) bond motifs is 3. The van der Waals surface area contributed by atoms with Crippen molar-refractivity contribution in [1.82, 2.24) is 20.2 Å². The summed E-state index contributed by atoms with van der Waals surface area (Å²) in [6.07, 6.45) is 9.64. The van der Waals surface area contributed by atoms with Crippen LogP contribution in [-0.2, 0) is 0 Å². The van der Waals surface area contributed by atoms with Gasteiger partial charge in [-0.3, -0.25) is 9.79 Å². The number of imidazole rings is 1. The van der Waals surface area contributed by atoms with Crippen LogP contribution in [0.4, 0.5) is 5.69 Å². The van der Waals surface area contributed by atoms with Gasteiger partial charge in [-0.2, -0.15) is 0 Å². The van der Waals surface area contributed by atoms with Crippen LogP contribution in [0.25, 0.3) is 28.0 Å². The quantitative estimate of drug-likeness (QED) is 0.623. The third kappa shape index (κ3) is 3.24. The highest BCUT2D eigenvalue weighted by molar-refractivity contribution is 6.18. The highest BCUT2D eigenvalue weighted by atomic mass is 16.1. The molecule has 4 aliphatic rings. The Kier molecular flexibility index (Phi) is 4.50. The van der Waals surface area contributed by atoms with Crippen molar-refractivity contribution in [3.05, 3.63) is 65.4 Å². The van der Waals surface area contributed by atoms with E-state index in [4.69, 9.17) is 4.98 Å². The predicted octanol–water partition coefficient (Wildman–Crippen LogP) is 3.08. The average molecular weight is 464 g/mol. The molecule has 8 heteroatoms. The van der Waals surface area contributed by atoms with E-state index in [0.29, 0.717) is 11.4 Å². The molecule has 5 heterocycles. The molecule has 8 nitrogen and oxygen atoms in total. The fourth-order valence-electron chi connectivity index (χ4n) is 5.46. The molecule has 2 unspecified atom stereocenters. The van der Waals surface area contributed by atoms with Crippen LogP contribution in [0.1, 0.15) is 21.5 Å². The van der Waals surface area contributed by atoms with Crippen LogP contribution in [-0.4, -0.2) is 72.6 Å². The summed E-state index contributed by atoms with van der Waals surface area (Å²) >= 11 is 0. The largest absolute Gasteiger partial charge is 0.369 e. The molecule has 3 aromatic rings. The third-order valence-corrected chi connectivity index (χ3v) is 7.43. The van der Waals surface area contributed by atoms with Gasteiger partial charge in [0.15, 0.2) is 0 Å². The second-order valence-corrected chi connectivity index (χ2v) is 9.51. The normalized spacial score (nSPS) is 23.1. The lowest BCUT2D eigenvalue weighted by molar-refractivity contribution is 0.101. The van der Waals surface area contributed by atoms with E-state index in [9.17, 15) is 4.79 Å². The Morgan fingerprint density at radius 3 is 2.80 bits per heavy atom. The van der Waals surface area contributed by atoms with Crippen molar-refractivity contribution in [3.8, 4) is 11.4 Å². The Labute approximate surface area is 202 Å². The molecule has 2 atom stereocenters. The van der Waals surface area contributed by atoms with Gasteiger partial charge in [-0.25, -0.2) is 9.98 Å². The lowest BCUT2D eigenvalue weighted by Crippen LogP contribution is -2.44. The van der Waals surface area contributed by atoms with Crippen LogP contribution >= 0.6 is 0 Å². The van der Waals surface area contributed by atoms with Gasteiger partial charge in [0.05, 0.1) is 16.6 Å². The van der Waals surface area contributed by atoms with E-state index in [-0.39, 0.29) is 18.0 Å². The first-order valence-corrected chi connectivity index (χ1v) is 12.0. The number of hydrogen-bond acceptors (Lipinski definition) is 6. The number of rotatable bonds is 3. The van der Waals surface area contributed by atoms with E-state index < -0.39 is 0 Å². The van der Waals surface area contributed by atoms with Gasteiger partial charge in [0, 0.05) is 67.5 Å². The van der Waals surface area contributed by atoms with Gasteiger partial charge >= 0.3 is 0 Å². The molecular weight excluding hydrogens is 438 g/mol. The first-order valence-electron chi connectivity index (χ1n) is 12.0. The third-order valence-electron chi connectivity index (χ3n) is 7.43. The maximum absolute atomic E-state index is 12.9. The van der Waals surface area contributed by atoms with Crippen LogP contribution in [0.3, 0.4) is 0 Å². The molecule has 1 saturated heterocycles. The molecule has 7 rings (SSSR count). The number of nitrogens with one attached hydrogen (secondary N) is 2. The number of piperazine rings is 1. The lowest BCUT2D eigenvalue weighted by Gasteiger charge is -2.34. The summed E-state index contributed by atoms with van der Waals surface area (Å²) in [6.45, 7) is 4.13. The van der Waals surface area contributed by atoms with E-state index in [2.05, 4.69) is 67.5 Å². The Hall–Kier alpha value is -4.04. The number of aromatic amines is 1. The van der Waals surface area contributed by atoms with Gasteiger partial charge in [-0.05, 0) is 48.5 Å². The molecule has 35 heavy (non-hydrogen) atoms. The first kappa shape index (κ1) is 20.3. The number of allylic oxidation sites excluding steroid dienone is 1. The Balaban J connectivity index is 1.27. The minimum Gasteiger partial charge on any atom is -0.369 e. The fourth-order valence-corrected chi connectivity index (χ4v) is 5.46. The Morgan fingerprint density at radius 1 is 1.06 bits per heavy atom. The second kappa shape index (κ2) is 7.74. The maximum atomic E-state index is 12.9. The number of benzene rings is 2. The van der Waals surface area contributed by atoms with Crippen LogP contribution in [0.5, 0.6) is 0 Å². The molecule has 1 aromatic heterocycles. The van der Waals surface area contributed by atoms with E-state index in [1.807, 2.05) is 24.6 Å². The highest BCUT2D eigenvalue weighted by Gasteiger charge is 2.33. The van der Waals surface area contributed by atoms with E-state index in [1.54, 1.807) is 6.21 Å². The molecule has 0 aliphatic carbocycles. The second-order valence-electron chi connectivity index (χ2n) is 9.51. The number of aliphatic imine (C=N–C) groups is 2. The topological polar surface area (TPSA) is 89.0 Å². The summed E-state index contributed by atoms with van der Waals surface area (Å²) < 4.78 is 0. The first-order chi connectivity index (χ1) is 17.2. The van der Waals surface area contributed by atoms with E-state index >= 15 is 0 Å². The minimum atomic E-state index is -0.226. The molecule has 174 valence electrons. The van der Waals surface area contributed by atoms with Gasteiger partial charge in [0.25, 0.3) is 5.91 Å². The van der Waals surface area contributed by atoms with Crippen LogP contribution in [0.2, 0.25) is 0 Å². The zero-order valence-corrected chi connectivity index (χ0v) is 19.4. The lowest BCUT2D eigenvalue weighted by atomic mass is 9.86. The Bertz CT molecular complexity index is 1490. The monoisotopic (exact) mass is 463 g/mol. The van der Waals surface area contributed by atoms with E-state index in [0.717, 1.165) is 59.5 Å². The summed E-state index contributed by atoms with van der Waals surface area (Å²) in [5, 5.41) is 3.34. The number of H-pyrrole nitrogens is 1. The number of hydrogen-bond donors (Lipinski definition) is 2. The van der Waals surface area contributed by atoms with Gasteiger partial charge in [0.2, 0.25) is 0 Å². The number of carbonyl (C=O) groups is 1. The average Bonchev–Trinajstić information content (AvgIpc) is 3.60. The van der Waals surface area contributed by atoms with Crippen molar-refractivity contribution in [2.45, 2.75) is 6.17 Å². The number of carbonyl (C=O) groups excluding carboxylic acids is 1. The van der Waals surface area contributed by atoms with Crippen LogP contribution < -0.4 is 10.2 Å². The Morgan fingerprint density at radius 2 is 1.91 bits per heavy atom. The number of anilines is 1. The number of nitrogens with zero attached hydrogens (tertiary/aromatic N) is 5. The standard InChI is InChI=1S/C27H25N7O/c1-33-9-11-34(12-10-33)16-4-7-22-23(13-16)32-26(31-22)19-6-5-17(21-15-30-27(35)24(19)21)20-14-29-25-18(20)3-2-8-28-25/h2-8,13-15,18,25,29H,9-12H2,1H3,(H,31,32). The molecule has 0 bridgehead atoms.